The summed E-state index contributed by atoms with van der Waals surface area (Å²) in [6.45, 7) is 0. The van der Waals surface area contributed by atoms with E-state index < -0.39 is 33.5 Å². The number of imide groups is 2. The number of rotatable bonds is 8. The van der Waals surface area contributed by atoms with Crippen molar-refractivity contribution >= 4 is 44.8 Å². The summed E-state index contributed by atoms with van der Waals surface area (Å²) in [6, 6.07) is 24.5. The molecule has 2 aliphatic rings. The van der Waals surface area contributed by atoms with E-state index in [1.807, 2.05) is 0 Å². The number of benzene rings is 4. The van der Waals surface area contributed by atoms with Crippen LogP contribution in [-0.2, 0) is 29.0 Å². The van der Waals surface area contributed by atoms with Crippen LogP contribution in [0.1, 0.15) is 0 Å². The van der Waals surface area contributed by atoms with Gasteiger partial charge in [0.05, 0.1) is 21.2 Å². The van der Waals surface area contributed by atoms with E-state index in [0.717, 1.165) is 9.80 Å². The van der Waals surface area contributed by atoms with Gasteiger partial charge in [-0.25, -0.2) is 18.2 Å². The van der Waals surface area contributed by atoms with Crippen molar-refractivity contribution in [3.05, 3.63) is 121 Å². The highest BCUT2D eigenvalue weighted by molar-refractivity contribution is 7.91. The van der Waals surface area contributed by atoms with Gasteiger partial charge in [0.2, 0.25) is 9.84 Å². The molecule has 0 radical (unpaired) electrons. The lowest BCUT2D eigenvalue weighted by Gasteiger charge is -2.18. The van der Waals surface area contributed by atoms with E-state index in [2.05, 4.69) is 0 Å². The normalized spacial score (nSPS) is 14.6. The zero-order valence-corrected chi connectivity index (χ0v) is 22.9. The standard InChI is InChI=1S/C32H20N2O8S/c35-29-17-18-30(36)33(29)25-5-1-3-7-27(25)41-21-9-13-23(14-10-21)43(39,40)24-15-11-22(12-16-24)42-28-8-4-2-6-26(28)34-31(37)19-20-32(34)38/h1-20H. The lowest BCUT2D eigenvalue weighted by molar-refractivity contribution is -0.121. The molecule has 2 aliphatic heterocycles. The van der Waals surface area contributed by atoms with E-state index in [0.29, 0.717) is 11.5 Å². The van der Waals surface area contributed by atoms with Crippen LogP contribution in [0, 0.1) is 0 Å². The van der Waals surface area contributed by atoms with Gasteiger partial charge in [-0.15, -0.1) is 0 Å². The summed E-state index contributed by atoms with van der Waals surface area (Å²) in [5, 5.41) is 0. The summed E-state index contributed by atoms with van der Waals surface area (Å²) in [5.41, 5.74) is 0.527. The summed E-state index contributed by atoms with van der Waals surface area (Å²) in [5.74, 6) is -0.869. The molecule has 0 bridgehead atoms. The average Bonchev–Trinajstić information content (AvgIpc) is 3.53. The molecule has 43 heavy (non-hydrogen) atoms. The maximum Gasteiger partial charge on any atom is 0.258 e. The van der Waals surface area contributed by atoms with Crippen LogP contribution in [0.4, 0.5) is 11.4 Å². The minimum absolute atomic E-state index is 0.0137. The van der Waals surface area contributed by atoms with E-state index in [4.69, 9.17) is 9.47 Å². The highest BCUT2D eigenvalue weighted by Gasteiger charge is 2.29. The Morgan fingerprint density at radius 2 is 0.767 bits per heavy atom. The van der Waals surface area contributed by atoms with Gasteiger partial charge in [-0.2, -0.15) is 0 Å². The molecule has 0 spiro atoms. The van der Waals surface area contributed by atoms with Crippen LogP contribution >= 0.6 is 0 Å². The molecule has 11 heteroatoms. The summed E-state index contributed by atoms with van der Waals surface area (Å²) in [7, 11) is -3.91. The second-order valence-corrected chi connectivity index (χ2v) is 11.2. The molecule has 0 aliphatic carbocycles. The minimum atomic E-state index is -3.91. The number of ether oxygens (including phenoxy) is 2. The van der Waals surface area contributed by atoms with Crippen LogP contribution in [0.15, 0.2) is 131 Å². The van der Waals surface area contributed by atoms with E-state index in [1.165, 1.54) is 72.8 Å². The summed E-state index contributed by atoms with van der Waals surface area (Å²) in [6.07, 6.45) is 4.69. The molecule has 0 fully saturated rings. The fraction of sp³-hybridized carbons (Fsp3) is 0. The van der Waals surface area contributed by atoms with Crippen molar-refractivity contribution in [1.82, 2.24) is 0 Å². The highest BCUT2D eigenvalue weighted by atomic mass is 32.2. The molecule has 0 aromatic heterocycles. The van der Waals surface area contributed by atoms with Crippen LogP contribution in [0.2, 0.25) is 0 Å². The molecule has 0 saturated carbocycles. The number of carbonyl (C=O) groups is 4. The molecule has 2 heterocycles. The van der Waals surface area contributed by atoms with Crippen molar-refractivity contribution in [1.29, 1.82) is 0 Å². The molecule has 0 unspecified atom stereocenters. The van der Waals surface area contributed by atoms with Crippen LogP contribution in [0.3, 0.4) is 0 Å². The molecule has 0 atom stereocenters. The quantitative estimate of drug-likeness (QED) is 0.263. The first-order chi connectivity index (χ1) is 20.7. The maximum atomic E-state index is 13.3. The Bertz CT molecular complexity index is 1790. The highest BCUT2D eigenvalue weighted by Crippen LogP contribution is 2.36. The van der Waals surface area contributed by atoms with Crippen molar-refractivity contribution in [2.24, 2.45) is 0 Å². The Hall–Kier alpha value is -5.81. The van der Waals surface area contributed by atoms with Gasteiger partial charge in [0.25, 0.3) is 23.6 Å². The zero-order valence-electron chi connectivity index (χ0n) is 22.1. The van der Waals surface area contributed by atoms with Crippen molar-refractivity contribution in [3.63, 3.8) is 0 Å². The predicted molar refractivity (Wildman–Crippen MR) is 155 cm³/mol. The molecule has 0 saturated heterocycles. The van der Waals surface area contributed by atoms with E-state index in [-0.39, 0.29) is 32.7 Å². The Balaban J connectivity index is 1.18. The summed E-state index contributed by atoms with van der Waals surface area (Å²) in [4.78, 5) is 50.6. The number of carbonyl (C=O) groups excluding carboxylic acids is 4. The molecule has 0 N–H and O–H groups in total. The van der Waals surface area contributed by atoms with Crippen molar-refractivity contribution in [2.45, 2.75) is 9.79 Å². The number of anilines is 2. The Labute approximate surface area is 245 Å². The largest absolute Gasteiger partial charge is 0.455 e. The second kappa shape index (κ2) is 10.9. The minimum Gasteiger partial charge on any atom is -0.455 e. The Morgan fingerprint density at radius 1 is 0.442 bits per heavy atom. The number of hydrogen-bond donors (Lipinski definition) is 0. The van der Waals surface area contributed by atoms with E-state index >= 15 is 0 Å². The lowest BCUT2D eigenvalue weighted by Crippen LogP contribution is -2.29. The Morgan fingerprint density at radius 3 is 1.12 bits per heavy atom. The average molecular weight is 593 g/mol. The predicted octanol–water partition coefficient (Wildman–Crippen LogP) is 4.96. The first-order valence-electron chi connectivity index (χ1n) is 12.8. The van der Waals surface area contributed by atoms with Crippen LogP contribution in [-0.4, -0.2) is 32.0 Å². The van der Waals surface area contributed by atoms with Gasteiger partial charge in [0.1, 0.15) is 11.5 Å². The number of nitrogens with zero attached hydrogens (tertiary/aromatic N) is 2. The van der Waals surface area contributed by atoms with Crippen molar-refractivity contribution in [2.75, 3.05) is 9.80 Å². The van der Waals surface area contributed by atoms with Gasteiger partial charge in [-0.3, -0.25) is 19.2 Å². The lowest BCUT2D eigenvalue weighted by atomic mass is 10.2. The van der Waals surface area contributed by atoms with Gasteiger partial charge >= 0.3 is 0 Å². The molecule has 4 amide bonds. The zero-order chi connectivity index (χ0) is 30.1. The third kappa shape index (κ3) is 5.20. The SMILES string of the molecule is O=C1C=CC(=O)N1c1ccccc1Oc1ccc(S(=O)(=O)c2ccc(Oc3ccccc3N3C(=O)C=CC3=O)cc2)cc1. The van der Waals surface area contributed by atoms with Crippen LogP contribution in [0.5, 0.6) is 23.0 Å². The molecular formula is C32H20N2O8S. The van der Waals surface area contributed by atoms with Gasteiger partial charge in [-0.1, -0.05) is 24.3 Å². The Kier molecular flexibility index (Phi) is 6.92. The number of para-hydroxylation sites is 4. The number of hydrogen-bond acceptors (Lipinski definition) is 8. The van der Waals surface area contributed by atoms with Crippen LogP contribution in [0.25, 0.3) is 0 Å². The van der Waals surface area contributed by atoms with Crippen molar-refractivity contribution in [3.8, 4) is 23.0 Å². The maximum absolute atomic E-state index is 13.3. The first-order valence-corrected chi connectivity index (χ1v) is 14.3. The molecule has 4 aromatic carbocycles. The smallest absolute Gasteiger partial charge is 0.258 e. The van der Waals surface area contributed by atoms with Gasteiger partial charge in [-0.05, 0) is 72.8 Å². The van der Waals surface area contributed by atoms with Crippen molar-refractivity contribution < 1.29 is 37.1 Å². The molecule has 10 nitrogen and oxygen atoms in total. The number of amides is 4. The van der Waals surface area contributed by atoms with E-state index in [9.17, 15) is 27.6 Å². The molecule has 6 rings (SSSR count). The third-order valence-corrected chi connectivity index (χ3v) is 8.34. The molecular weight excluding hydrogens is 572 g/mol. The van der Waals surface area contributed by atoms with Crippen LogP contribution < -0.4 is 19.3 Å². The van der Waals surface area contributed by atoms with Gasteiger partial charge in [0.15, 0.2) is 11.5 Å². The summed E-state index contributed by atoms with van der Waals surface area (Å²) >= 11 is 0. The first kappa shape index (κ1) is 27.4. The third-order valence-electron chi connectivity index (χ3n) is 6.55. The monoisotopic (exact) mass is 592 g/mol. The fourth-order valence-electron chi connectivity index (χ4n) is 4.50. The summed E-state index contributed by atoms with van der Waals surface area (Å²) < 4.78 is 38.4. The second-order valence-electron chi connectivity index (χ2n) is 9.28. The van der Waals surface area contributed by atoms with Gasteiger partial charge in [0, 0.05) is 24.3 Å². The molecule has 212 valence electrons. The topological polar surface area (TPSA) is 127 Å². The van der Waals surface area contributed by atoms with E-state index in [1.54, 1.807) is 48.5 Å². The number of sulfone groups is 1. The molecule has 4 aromatic rings. The fourth-order valence-corrected chi connectivity index (χ4v) is 5.76. The van der Waals surface area contributed by atoms with Gasteiger partial charge < -0.3 is 9.47 Å².